The molecule has 3 N–H and O–H groups in total. The van der Waals surface area contributed by atoms with Crippen LogP contribution in [0, 0.1) is 5.41 Å². The largest absolute Gasteiger partial charge is 0.504 e. The predicted molar refractivity (Wildman–Crippen MR) is 145 cm³/mol. The van der Waals surface area contributed by atoms with Crippen LogP contribution in [0.15, 0.2) is 85.9 Å². The standard InChI is InChI=1S/C26H26N4O7S2/c1-26(2,3)23(16-12-13-19-20(14-16)37-15-36-19)28-25-24(29-39(34,35)30-25)27-18-10-7-11-21(22(18)31)38(32,33)17-8-5-4-6-9-17/h4-14,23,31H,15H2,1-3H3,(H,27,29)(H,28,30)/t23-/m0/s1. The number of rotatable bonds is 5. The number of hydrogen-bond donors (Lipinski definition) is 3. The van der Waals surface area contributed by atoms with Gasteiger partial charge in [0.05, 0.1) is 16.6 Å². The molecular formula is C26H26N4O7S2. The Labute approximate surface area is 226 Å². The molecule has 3 aromatic carbocycles. The van der Waals surface area contributed by atoms with E-state index in [0.717, 1.165) is 5.56 Å². The van der Waals surface area contributed by atoms with Gasteiger partial charge in [0.25, 0.3) is 0 Å². The lowest BCUT2D eigenvalue weighted by atomic mass is 9.82. The quantitative estimate of drug-likeness (QED) is 0.391. The van der Waals surface area contributed by atoms with E-state index in [2.05, 4.69) is 14.4 Å². The summed E-state index contributed by atoms with van der Waals surface area (Å²) in [4.78, 5) is 4.35. The topological polar surface area (TPSA) is 156 Å². The number of nitrogens with one attached hydrogen (secondary N) is 2. The van der Waals surface area contributed by atoms with Crippen LogP contribution in [0.5, 0.6) is 17.2 Å². The molecule has 1 atom stereocenters. The van der Waals surface area contributed by atoms with E-state index in [4.69, 9.17) is 14.5 Å². The Morgan fingerprint density at radius 2 is 1.74 bits per heavy atom. The fourth-order valence-corrected chi connectivity index (χ4v) is 6.40. The fourth-order valence-electron chi connectivity index (χ4n) is 4.20. The van der Waals surface area contributed by atoms with Crippen molar-refractivity contribution in [2.24, 2.45) is 14.8 Å². The summed E-state index contributed by atoms with van der Waals surface area (Å²) in [7, 11) is -8.20. The van der Waals surface area contributed by atoms with Crippen molar-refractivity contribution in [3.8, 4) is 17.2 Å². The highest BCUT2D eigenvalue weighted by Crippen LogP contribution is 2.41. The Kier molecular flexibility index (Phi) is 6.51. The molecule has 3 aromatic rings. The van der Waals surface area contributed by atoms with E-state index in [1.165, 1.54) is 30.3 Å². The van der Waals surface area contributed by atoms with Crippen molar-refractivity contribution in [3.05, 3.63) is 72.3 Å². The van der Waals surface area contributed by atoms with Crippen molar-refractivity contribution in [3.63, 3.8) is 0 Å². The van der Waals surface area contributed by atoms with Gasteiger partial charge in [0.1, 0.15) is 4.90 Å². The molecular weight excluding hydrogens is 544 g/mol. The van der Waals surface area contributed by atoms with Crippen molar-refractivity contribution in [1.82, 2.24) is 4.72 Å². The number of hydrogen-bond acceptors (Lipinski definition) is 9. The molecule has 0 aromatic heterocycles. The van der Waals surface area contributed by atoms with Crippen molar-refractivity contribution >= 4 is 37.4 Å². The van der Waals surface area contributed by atoms with Crippen molar-refractivity contribution in [1.29, 1.82) is 0 Å². The third kappa shape index (κ3) is 5.27. The molecule has 0 unspecified atom stereocenters. The van der Waals surface area contributed by atoms with E-state index >= 15 is 0 Å². The molecule has 11 nitrogen and oxygen atoms in total. The maximum Gasteiger partial charge on any atom is 0.345 e. The second-order valence-corrected chi connectivity index (χ2v) is 13.2. The molecule has 5 rings (SSSR count). The Bertz CT molecular complexity index is 1710. The van der Waals surface area contributed by atoms with Crippen LogP contribution in [0.25, 0.3) is 0 Å². The number of ether oxygens (including phenoxy) is 2. The van der Waals surface area contributed by atoms with Gasteiger partial charge in [-0.1, -0.05) is 51.1 Å². The Morgan fingerprint density at radius 3 is 2.46 bits per heavy atom. The number of anilines is 1. The Hall–Kier alpha value is -4.10. The molecule has 0 saturated carbocycles. The van der Waals surface area contributed by atoms with Gasteiger partial charge in [-0.3, -0.25) is 4.99 Å². The van der Waals surface area contributed by atoms with E-state index < -0.39 is 37.3 Å². The van der Waals surface area contributed by atoms with E-state index in [1.807, 2.05) is 26.8 Å². The molecule has 0 radical (unpaired) electrons. The lowest BCUT2D eigenvalue weighted by Crippen LogP contribution is -2.32. The third-order valence-corrected chi connectivity index (χ3v) is 8.72. The summed E-state index contributed by atoms with van der Waals surface area (Å²) < 4.78 is 68.1. The Balaban J connectivity index is 1.53. The van der Waals surface area contributed by atoms with Crippen molar-refractivity contribution < 1.29 is 31.4 Å². The maximum absolute atomic E-state index is 13.1. The summed E-state index contributed by atoms with van der Waals surface area (Å²) >= 11 is 0. The number of fused-ring (bicyclic) bond motifs is 1. The summed E-state index contributed by atoms with van der Waals surface area (Å²) in [6, 6.07) is 16.6. The van der Waals surface area contributed by atoms with Crippen LogP contribution in [0.3, 0.4) is 0 Å². The number of amidine groups is 2. The minimum atomic E-state index is -4.14. The molecule has 39 heavy (non-hydrogen) atoms. The van der Waals surface area contributed by atoms with Gasteiger partial charge >= 0.3 is 10.2 Å². The average Bonchev–Trinajstić information content (AvgIpc) is 3.46. The van der Waals surface area contributed by atoms with Gasteiger partial charge in [-0.15, -0.1) is 4.40 Å². The number of benzene rings is 3. The van der Waals surface area contributed by atoms with Gasteiger partial charge in [-0.2, -0.15) is 8.42 Å². The van der Waals surface area contributed by atoms with Gasteiger partial charge in [0, 0.05) is 0 Å². The molecule has 13 heteroatoms. The van der Waals surface area contributed by atoms with Gasteiger partial charge < -0.3 is 19.9 Å². The van der Waals surface area contributed by atoms with Crippen LogP contribution in [-0.2, 0) is 20.0 Å². The highest BCUT2D eigenvalue weighted by Gasteiger charge is 2.33. The van der Waals surface area contributed by atoms with E-state index in [9.17, 15) is 21.9 Å². The number of sulfone groups is 1. The number of phenols is 1. The number of aliphatic imine (C=N–C) groups is 1. The summed E-state index contributed by atoms with van der Waals surface area (Å²) in [5.41, 5.74) is 0.224. The Morgan fingerprint density at radius 1 is 1.03 bits per heavy atom. The van der Waals surface area contributed by atoms with Gasteiger partial charge in [-0.05, 0) is 47.4 Å². The third-order valence-electron chi connectivity index (χ3n) is 6.05. The summed E-state index contributed by atoms with van der Waals surface area (Å²) in [6.45, 7) is 5.95. The minimum absolute atomic E-state index is 0.00102. The van der Waals surface area contributed by atoms with Crippen molar-refractivity contribution in [2.45, 2.75) is 36.6 Å². The molecule has 0 saturated heterocycles. The average molecular weight is 571 g/mol. The summed E-state index contributed by atoms with van der Waals surface area (Å²) in [5.74, 6) is 0.279. The molecule has 2 aliphatic rings. The molecule has 0 bridgehead atoms. The van der Waals surface area contributed by atoms with E-state index in [0.29, 0.717) is 11.5 Å². The first-order valence-corrected chi connectivity index (χ1v) is 14.8. The van der Waals surface area contributed by atoms with Gasteiger partial charge in [-0.25, -0.2) is 13.1 Å². The van der Waals surface area contributed by atoms with E-state index in [1.54, 1.807) is 30.3 Å². The number of aromatic hydroxyl groups is 1. The first kappa shape index (κ1) is 26.5. The molecule has 2 heterocycles. The second-order valence-electron chi connectivity index (χ2n) is 9.97. The first-order chi connectivity index (χ1) is 18.3. The molecule has 0 aliphatic carbocycles. The monoisotopic (exact) mass is 570 g/mol. The number of para-hydroxylation sites is 1. The second kappa shape index (κ2) is 9.58. The van der Waals surface area contributed by atoms with Crippen LogP contribution in [0.2, 0.25) is 0 Å². The van der Waals surface area contributed by atoms with Crippen LogP contribution in [0.1, 0.15) is 32.4 Å². The van der Waals surface area contributed by atoms with Crippen LogP contribution in [0.4, 0.5) is 5.69 Å². The van der Waals surface area contributed by atoms with E-state index in [-0.39, 0.29) is 33.9 Å². The van der Waals surface area contributed by atoms with Crippen LogP contribution in [-0.4, -0.2) is 40.4 Å². The predicted octanol–water partition coefficient (Wildman–Crippen LogP) is 3.80. The lowest BCUT2D eigenvalue weighted by molar-refractivity contribution is 0.174. The normalized spacial score (nSPS) is 17.9. The van der Waals surface area contributed by atoms with Gasteiger partial charge in [0.2, 0.25) is 16.6 Å². The zero-order valence-electron chi connectivity index (χ0n) is 21.2. The zero-order valence-corrected chi connectivity index (χ0v) is 22.9. The number of phenolic OH excluding ortho intramolecular Hbond substituents is 1. The SMILES string of the molecule is CC(C)(C)[C@@H](N=C1NS(=O)(=O)N=C1Nc1cccc(S(=O)(=O)c2ccccc2)c1O)c1ccc2c(c1)OCO2. The summed E-state index contributed by atoms with van der Waals surface area (Å²) in [6.07, 6.45) is 0. The number of nitrogens with zero attached hydrogens (tertiary/aromatic N) is 2. The fraction of sp³-hybridized carbons (Fsp3) is 0.231. The van der Waals surface area contributed by atoms with Crippen LogP contribution >= 0.6 is 0 Å². The minimum Gasteiger partial charge on any atom is -0.504 e. The van der Waals surface area contributed by atoms with Gasteiger partial charge in [0.15, 0.2) is 28.9 Å². The molecule has 0 fully saturated rings. The maximum atomic E-state index is 13.1. The molecule has 0 spiro atoms. The van der Waals surface area contributed by atoms with Crippen LogP contribution < -0.4 is 19.5 Å². The van der Waals surface area contributed by atoms with Crippen molar-refractivity contribution in [2.75, 3.05) is 12.1 Å². The molecule has 2 aliphatic heterocycles. The lowest BCUT2D eigenvalue weighted by Gasteiger charge is -2.28. The molecule has 204 valence electrons. The zero-order chi connectivity index (χ0) is 28.0. The highest BCUT2D eigenvalue weighted by atomic mass is 32.2. The highest BCUT2D eigenvalue weighted by molar-refractivity contribution is 7.91. The smallest absolute Gasteiger partial charge is 0.345 e. The summed E-state index contributed by atoms with van der Waals surface area (Å²) in [5, 5.41) is 13.7. The molecule has 0 amide bonds. The first-order valence-electron chi connectivity index (χ1n) is 11.8.